The van der Waals surface area contributed by atoms with Crippen LogP contribution in [0.3, 0.4) is 0 Å². The third-order valence-electron chi connectivity index (χ3n) is 2.70. The lowest BCUT2D eigenvalue weighted by atomic mass is 9.82. The highest BCUT2D eigenvalue weighted by Crippen LogP contribution is 2.36. The van der Waals surface area contributed by atoms with Crippen LogP contribution < -0.4 is 10.5 Å². The zero-order valence-corrected chi connectivity index (χ0v) is 9.53. The minimum atomic E-state index is -0.612. The summed E-state index contributed by atoms with van der Waals surface area (Å²) in [5.74, 6) is 0.700. The number of hydrogen-bond donors (Lipinski definition) is 2. The van der Waals surface area contributed by atoms with Gasteiger partial charge in [0.15, 0.2) is 0 Å². The fourth-order valence-corrected chi connectivity index (χ4v) is 1.42. The van der Waals surface area contributed by atoms with Crippen molar-refractivity contribution in [1.29, 1.82) is 0 Å². The van der Waals surface area contributed by atoms with Crippen molar-refractivity contribution in [2.45, 2.75) is 20.0 Å². The number of aliphatic hydroxyl groups is 1. The Hall–Kier alpha value is -1.06. The SMILES string of the molecule is COc1ccccc1C(O)C(C)(C)CN. The fraction of sp³-hybridized carbons (Fsp3) is 0.500. The summed E-state index contributed by atoms with van der Waals surface area (Å²) >= 11 is 0. The molecule has 1 aromatic carbocycles. The van der Waals surface area contributed by atoms with E-state index in [-0.39, 0.29) is 5.41 Å². The normalized spacial score (nSPS) is 13.7. The van der Waals surface area contributed by atoms with Gasteiger partial charge < -0.3 is 15.6 Å². The molecule has 1 rings (SSSR count). The van der Waals surface area contributed by atoms with Crippen LogP contribution in [0.1, 0.15) is 25.5 Å². The van der Waals surface area contributed by atoms with Crippen LogP contribution >= 0.6 is 0 Å². The lowest BCUT2D eigenvalue weighted by molar-refractivity contribution is 0.0534. The lowest BCUT2D eigenvalue weighted by Gasteiger charge is -2.30. The molecule has 0 aliphatic rings. The van der Waals surface area contributed by atoms with E-state index >= 15 is 0 Å². The molecule has 0 aliphatic heterocycles. The Morgan fingerprint density at radius 1 is 1.40 bits per heavy atom. The molecule has 3 N–H and O–H groups in total. The van der Waals surface area contributed by atoms with Gasteiger partial charge in [0.25, 0.3) is 0 Å². The van der Waals surface area contributed by atoms with Crippen LogP contribution in [0.25, 0.3) is 0 Å². The van der Waals surface area contributed by atoms with Gasteiger partial charge in [0.05, 0.1) is 13.2 Å². The Morgan fingerprint density at radius 3 is 2.53 bits per heavy atom. The van der Waals surface area contributed by atoms with Gasteiger partial charge in [0.2, 0.25) is 0 Å². The molecule has 15 heavy (non-hydrogen) atoms. The van der Waals surface area contributed by atoms with E-state index in [2.05, 4.69) is 0 Å². The molecule has 0 amide bonds. The molecule has 3 nitrogen and oxygen atoms in total. The van der Waals surface area contributed by atoms with Crippen molar-refractivity contribution in [3.63, 3.8) is 0 Å². The first kappa shape index (κ1) is 12.0. The van der Waals surface area contributed by atoms with Crippen molar-refractivity contribution in [3.8, 4) is 5.75 Å². The maximum Gasteiger partial charge on any atom is 0.124 e. The first-order valence-corrected chi connectivity index (χ1v) is 5.04. The number of methoxy groups -OCH3 is 1. The van der Waals surface area contributed by atoms with Crippen LogP contribution in [0.5, 0.6) is 5.75 Å². The summed E-state index contributed by atoms with van der Waals surface area (Å²) in [6.45, 7) is 4.29. The minimum absolute atomic E-state index is 0.353. The Labute approximate surface area is 90.9 Å². The second kappa shape index (κ2) is 4.64. The van der Waals surface area contributed by atoms with E-state index in [1.54, 1.807) is 7.11 Å². The largest absolute Gasteiger partial charge is 0.496 e. The molecular formula is C12H19NO2. The van der Waals surface area contributed by atoms with Crippen LogP contribution in [0, 0.1) is 5.41 Å². The number of aliphatic hydroxyl groups excluding tert-OH is 1. The first-order valence-electron chi connectivity index (χ1n) is 5.04. The molecule has 0 aliphatic carbocycles. The molecule has 0 bridgehead atoms. The highest BCUT2D eigenvalue weighted by Gasteiger charge is 2.29. The van der Waals surface area contributed by atoms with Crippen molar-refractivity contribution in [1.82, 2.24) is 0 Å². The Bertz CT molecular complexity index is 323. The fourth-order valence-electron chi connectivity index (χ4n) is 1.42. The zero-order valence-electron chi connectivity index (χ0n) is 9.53. The molecular weight excluding hydrogens is 190 g/mol. The summed E-state index contributed by atoms with van der Waals surface area (Å²) in [5, 5.41) is 10.2. The molecule has 3 heteroatoms. The second-order valence-electron chi connectivity index (χ2n) is 4.34. The maximum absolute atomic E-state index is 10.2. The maximum atomic E-state index is 10.2. The van der Waals surface area contributed by atoms with E-state index in [9.17, 15) is 5.11 Å². The smallest absolute Gasteiger partial charge is 0.124 e. The second-order valence-corrected chi connectivity index (χ2v) is 4.34. The average molecular weight is 209 g/mol. The van der Waals surface area contributed by atoms with E-state index in [1.807, 2.05) is 38.1 Å². The minimum Gasteiger partial charge on any atom is -0.496 e. The predicted octanol–water partition coefficient (Wildman–Crippen LogP) is 1.71. The van der Waals surface area contributed by atoms with E-state index in [0.717, 1.165) is 5.56 Å². The van der Waals surface area contributed by atoms with Gasteiger partial charge in [-0.3, -0.25) is 0 Å². The summed E-state index contributed by atoms with van der Waals surface area (Å²) in [7, 11) is 1.60. The van der Waals surface area contributed by atoms with Gasteiger partial charge in [-0.15, -0.1) is 0 Å². The summed E-state index contributed by atoms with van der Waals surface area (Å²) in [4.78, 5) is 0. The van der Waals surface area contributed by atoms with Gasteiger partial charge in [-0.25, -0.2) is 0 Å². The van der Waals surface area contributed by atoms with Crippen molar-refractivity contribution < 1.29 is 9.84 Å². The van der Waals surface area contributed by atoms with Gasteiger partial charge in [-0.1, -0.05) is 32.0 Å². The Balaban J connectivity index is 3.05. The van der Waals surface area contributed by atoms with Crippen LogP contribution in [-0.4, -0.2) is 18.8 Å². The predicted molar refractivity (Wildman–Crippen MR) is 60.8 cm³/mol. The number of benzene rings is 1. The average Bonchev–Trinajstić information content (AvgIpc) is 2.28. The summed E-state index contributed by atoms with van der Waals surface area (Å²) in [6.07, 6.45) is -0.612. The van der Waals surface area contributed by atoms with E-state index in [4.69, 9.17) is 10.5 Å². The van der Waals surface area contributed by atoms with Crippen LogP contribution in [0.15, 0.2) is 24.3 Å². The Kier molecular flexibility index (Phi) is 3.72. The number of para-hydroxylation sites is 1. The van der Waals surface area contributed by atoms with E-state index < -0.39 is 6.10 Å². The van der Waals surface area contributed by atoms with Crippen molar-refractivity contribution in [3.05, 3.63) is 29.8 Å². The standard InChI is InChI=1S/C12H19NO2/c1-12(2,8-13)11(14)9-6-4-5-7-10(9)15-3/h4-7,11,14H,8,13H2,1-3H3. The zero-order chi connectivity index (χ0) is 11.5. The van der Waals surface area contributed by atoms with Gasteiger partial charge in [0, 0.05) is 17.5 Å². The van der Waals surface area contributed by atoms with Crippen LogP contribution in [0.2, 0.25) is 0 Å². The molecule has 1 unspecified atom stereocenters. The Morgan fingerprint density at radius 2 is 2.00 bits per heavy atom. The number of ether oxygens (including phenoxy) is 1. The van der Waals surface area contributed by atoms with Gasteiger partial charge in [0.1, 0.15) is 5.75 Å². The van der Waals surface area contributed by atoms with Gasteiger partial charge in [-0.05, 0) is 6.07 Å². The molecule has 1 atom stereocenters. The van der Waals surface area contributed by atoms with Gasteiger partial charge >= 0.3 is 0 Å². The topological polar surface area (TPSA) is 55.5 Å². The van der Waals surface area contributed by atoms with Crippen molar-refractivity contribution in [2.24, 2.45) is 11.1 Å². The molecule has 0 spiro atoms. The molecule has 0 radical (unpaired) electrons. The molecule has 0 fully saturated rings. The third kappa shape index (κ3) is 2.49. The number of rotatable bonds is 4. The van der Waals surface area contributed by atoms with Crippen LogP contribution in [-0.2, 0) is 0 Å². The lowest BCUT2D eigenvalue weighted by Crippen LogP contribution is -2.30. The summed E-state index contributed by atoms with van der Waals surface area (Å²) in [6, 6.07) is 7.46. The number of nitrogens with two attached hydrogens (primary N) is 1. The van der Waals surface area contributed by atoms with Crippen molar-refractivity contribution in [2.75, 3.05) is 13.7 Å². The molecule has 0 aromatic heterocycles. The van der Waals surface area contributed by atoms with E-state index in [0.29, 0.717) is 12.3 Å². The summed E-state index contributed by atoms with van der Waals surface area (Å²) < 4.78 is 5.21. The van der Waals surface area contributed by atoms with E-state index in [1.165, 1.54) is 0 Å². The monoisotopic (exact) mass is 209 g/mol. The van der Waals surface area contributed by atoms with Crippen LogP contribution in [0.4, 0.5) is 0 Å². The van der Waals surface area contributed by atoms with Crippen molar-refractivity contribution >= 4 is 0 Å². The molecule has 0 heterocycles. The molecule has 0 saturated carbocycles. The number of hydrogen-bond acceptors (Lipinski definition) is 3. The first-order chi connectivity index (χ1) is 7.03. The van der Waals surface area contributed by atoms with Gasteiger partial charge in [-0.2, -0.15) is 0 Å². The summed E-state index contributed by atoms with van der Waals surface area (Å²) in [5.41, 5.74) is 6.07. The highest BCUT2D eigenvalue weighted by molar-refractivity contribution is 5.35. The molecule has 84 valence electrons. The third-order valence-corrected chi connectivity index (χ3v) is 2.70. The molecule has 0 saturated heterocycles. The quantitative estimate of drug-likeness (QED) is 0.793. The highest BCUT2D eigenvalue weighted by atomic mass is 16.5. The molecule has 1 aromatic rings.